The molecule has 0 saturated heterocycles. The van der Waals surface area contributed by atoms with Gasteiger partial charge in [-0.3, -0.25) is 9.10 Å². The maximum absolute atomic E-state index is 13.0. The highest BCUT2D eigenvalue weighted by Crippen LogP contribution is 2.36. The summed E-state index contributed by atoms with van der Waals surface area (Å²) in [5.74, 6) is 0.346. The van der Waals surface area contributed by atoms with Crippen LogP contribution in [-0.2, 0) is 21.0 Å². The zero-order valence-corrected chi connectivity index (χ0v) is 18.1. The summed E-state index contributed by atoms with van der Waals surface area (Å²) in [7, 11) is -2.60. The number of nitrogens with zero attached hydrogens (tertiary/aromatic N) is 1. The third-order valence-electron chi connectivity index (χ3n) is 3.96. The van der Waals surface area contributed by atoms with E-state index in [0.29, 0.717) is 21.9 Å². The molecule has 0 saturated carbocycles. The molecule has 0 heterocycles. The fourth-order valence-electron chi connectivity index (χ4n) is 2.50. The lowest BCUT2D eigenvalue weighted by Crippen LogP contribution is -2.41. The highest BCUT2D eigenvalue weighted by atomic mass is 35.5. The Kier molecular flexibility index (Phi) is 8.02. The van der Waals surface area contributed by atoms with Gasteiger partial charge in [-0.25, -0.2) is 8.42 Å². The monoisotopic (exact) mass is 480 g/mol. The summed E-state index contributed by atoms with van der Waals surface area (Å²) >= 11 is 5.91. The van der Waals surface area contributed by atoms with Gasteiger partial charge in [0.25, 0.3) is 0 Å². The second-order valence-electron chi connectivity index (χ2n) is 6.31. The molecule has 1 N–H and O–H groups in total. The number of rotatable bonds is 9. The second kappa shape index (κ2) is 10.1. The highest BCUT2D eigenvalue weighted by Gasteiger charge is 2.33. The molecule has 1 amide bonds. The molecule has 0 atom stereocenters. The van der Waals surface area contributed by atoms with Gasteiger partial charge in [0.05, 0.1) is 36.2 Å². The van der Waals surface area contributed by atoms with Gasteiger partial charge >= 0.3 is 6.18 Å². The summed E-state index contributed by atoms with van der Waals surface area (Å²) < 4.78 is 74.3. The standard InChI is InChI=1S/C19H20ClF3N2O5S/c1-29-14-4-3-5-15(11-14)30-9-8-24-18(26)12-25(31(2,27)28)17-10-13(19(21,22)23)6-7-16(17)20/h3-7,10-11H,8-9,12H2,1-2H3,(H,24,26). The number of carbonyl (C=O) groups excluding carboxylic acids is 1. The normalized spacial score (nSPS) is 11.7. The van der Waals surface area contributed by atoms with Crippen LogP contribution in [0.1, 0.15) is 5.56 Å². The van der Waals surface area contributed by atoms with Crippen LogP contribution in [-0.4, -0.2) is 47.4 Å². The van der Waals surface area contributed by atoms with Crippen molar-refractivity contribution in [1.82, 2.24) is 5.32 Å². The molecule has 0 aliphatic heterocycles. The van der Waals surface area contributed by atoms with Gasteiger partial charge in [0.1, 0.15) is 24.7 Å². The maximum Gasteiger partial charge on any atom is 0.416 e. The quantitative estimate of drug-likeness (QED) is 0.556. The molecule has 0 spiro atoms. The van der Waals surface area contributed by atoms with E-state index >= 15 is 0 Å². The van der Waals surface area contributed by atoms with Crippen LogP contribution < -0.4 is 19.1 Å². The molecular weight excluding hydrogens is 461 g/mol. The molecule has 0 bridgehead atoms. The Labute approximate surface area is 182 Å². The van der Waals surface area contributed by atoms with Crippen molar-refractivity contribution in [2.24, 2.45) is 0 Å². The second-order valence-corrected chi connectivity index (χ2v) is 8.62. The van der Waals surface area contributed by atoms with E-state index in [1.807, 2.05) is 0 Å². The van der Waals surface area contributed by atoms with Crippen molar-refractivity contribution in [3.8, 4) is 11.5 Å². The molecule has 2 rings (SSSR count). The van der Waals surface area contributed by atoms with Gasteiger partial charge < -0.3 is 14.8 Å². The molecule has 31 heavy (non-hydrogen) atoms. The lowest BCUT2D eigenvalue weighted by molar-refractivity contribution is -0.137. The predicted octanol–water partition coefficient (Wildman–Crippen LogP) is 3.33. The van der Waals surface area contributed by atoms with E-state index in [0.717, 1.165) is 18.4 Å². The lowest BCUT2D eigenvalue weighted by Gasteiger charge is -2.24. The molecule has 0 aliphatic rings. The third-order valence-corrected chi connectivity index (χ3v) is 5.41. The van der Waals surface area contributed by atoms with Crippen LogP contribution in [0.3, 0.4) is 0 Å². The fraction of sp³-hybridized carbons (Fsp3) is 0.316. The van der Waals surface area contributed by atoms with Crippen LogP contribution in [0.25, 0.3) is 0 Å². The molecule has 12 heteroatoms. The van der Waals surface area contributed by atoms with Gasteiger partial charge in [-0.15, -0.1) is 0 Å². The Morgan fingerprint density at radius 3 is 2.45 bits per heavy atom. The van der Waals surface area contributed by atoms with Crippen LogP contribution in [0.5, 0.6) is 11.5 Å². The third kappa shape index (κ3) is 7.21. The molecule has 170 valence electrons. The zero-order chi connectivity index (χ0) is 23.2. The SMILES string of the molecule is COc1cccc(OCCNC(=O)CN(c2cc(C(F)(F)F)ccc2Cl)S(C)(=O)=O)c1. The van der Waals surface area contributed by atoms with Gasteiger partial charge in [-0.1, -0.05) is 17.7 Å². The van der Waals surface area contributed by atoms with E-state index in [2.05, 4.69) is 5.32 Å². The maximum atomic E-state index is 13.0. The number of ether oxygens (including phenoxy) is 2. The van der Waals surface area contributed by atoms with Crippen molar-refractivity contribution in [1.29, 1.82) is 0 Å². The summed E-state index contributed by atoms with van der Waals surface area (Å²) in [6.45, 7) is -0.648. The van der Waals surface area contributed by atoms with Crippen molar-refractivity contribution < 1.29 is 35.9 Å². The average Bonchev–Trinajstić information content (AvgIpc) is 2.68. The van der Waals surface area contributed by atoms with Crippen LogP contribution in [0.4, 0.5) is 18.9 Å². The number of nitrogens with one attached hydrogen (secondary N) is 1. The van der Waals surface area contributed by atoms with Gasteiger partial charge in [0.2, 0.25) is 15.9 Å². The zero-order valence-electron chi connectivity index (χ0n) is 16.6. The van der Waals surface area contributed by atoms with Gasteiger partial charge in [0.15, 0.2) is 0 Å². The first-order valence-corrected chi connectivity index (χ1v) is 11.0. The Morgan fingerprint density at radius 1 is 1.16 bits per heavy atom. The Bertz CT molecular complexity index is 1030. The molecule has 0 aliphatic carbocycles. The highest BCUT2D eigenvalue weighted by molar-refractivity contribution is 7.92. The topological polar surface area (TPSA) is 84.9 Å². The first-order chi connectivity index (χ1) is 14.4. The van der Waals surface area contributed by atoms with Gasteiger partial charge in [-0.05, 0) is 30.3 Å². The Morgan fingerprint density at radius 2 is 1.84 bits per heavy atom. The number of alkyl halides is 3. The molecule has 2 aromatic rings. The number of anilines is 1. The van der Waals surface area contributed by atoms with Crippen molar-refractivity contribution in [3.05, 3.63) is 53.1 Å². The first-order valence-electron chi connectivity index (χ1n) is 8.80. The minimum absolute atomic E-state index is 0.0317. The summed E-state index contributed by atoms with van der Waals surface area (Å²) in [6.07, 6.45) is -3.94. The molecular formula is C19H20ClF3N2O5S. The molecule has 2 aromatic carbocycles. The van der Waals surface area contributed by atoms with Crippen LogP contribution in [0, 0.1) is 0 Å². The number of methoxy groups -OCH3 is 1. The molecule has 0 radical (unpaired) electrons. The van der Waals surface area contributed by atoms with E-state index in [1.54, 1.807) is 24.3 Å². The van der Waals surface area contributed by atoms with Gasteiger partial charge in [-0.2, -0.15) is 13.2 Å². The average molecular weight is 481 g/mol. The summed E-state index contributed by atoms with van der Waals surface area (Å²) in [5.41, 5.74) is -1.53. The molecule has 7 nitrogen and oxygen atoms in total. The fourth-order valence-corrected chi connectivity index (χ4v) is 3.63. The molecule has 0 unspecified atom stereocenters. The number of halogens is 4. The number of carbonyl (C=O) groups is 1. The van der Waals surface area contributed by atoms with Crippen LogP contribution in [0.2, 0.25) is 5.02 Å². The van der Waals surface area contributed by atoms with Crippen molar-refractivity contribution >= 4 is 33.2 Å². The first kappa shape index (κ1) is 24.6. The van der Waals surface area contributed by atoms with Gasteiger partial charge in [0, 0.05) is 6.07 Å². The summed E-state index contributed by atoms with van der Waals surface area (Å²) in [6, 6.07) is 9.01. The van der Waals surface area contributed by atoms with E-state index in [4.69, 9.17) is 21.1 Å². The predicted molar refractivity (Wildman–Crippen MR) is 110 cm³/mol. The smallest absolute Gasteiger partial charge is 0.416 e. The number of hydrogen-bond acceptors (Lipinski definition) is 5. The van der Waals surface area contributed by atoms with Crippen molar-refractivity contribution in [2.45, 2.75) is 6.18 Å². The molecule has 0 fully saturated rings. The largest absolute Gasteiger partial charge is 0.497 e. The van der Waals surface area contributed by atoms with E-state index < -0.39 is 39.9 Å². The lowest BCUT2D eigenvalue weighted by atomic mass is 10.2. The number of benzene rings is 2. The van der Waals surface area contributed by atoms with E-state index in [9.17, 15) is 26.4 Å². The van der Waals surface area contributed by atoms with Crippen LogP contribution >= 0.6 is 11.6 Å². The number of amides is 1. The van der Waals surface area contributed by atoms with Crippen LogP contribution in [0.15, 0.2) is 42.5 Å². The minimum Gasteiger partial charge on any atom is -0.497 e. The molecule has 0 aromatic heterocycles. The van der Waals surface area contributed by atoms with Crippen molar-refractivity contribution in [2.75, 3.05) is 37.4 Å². The Hall–Kier alpha value is -2.66. The Balaban J connectivity index is 2.04. The summed E-state index contributed by atoms with van der Waals surface area (Å²) in [4.78, 5) is 12.2. The van der Waals surface area contributed by atoms with E-state index in [-0.39, 0.29) is 18.2 Å². The number of sulfonamides is 1. The minimum atomic E-state index is -4.71. The van der Waals surface area contributed by atoms with Crippen molar-refractivity contribution in [3.63, 3.8) is 0 Å². The summed E-state index contributed by atoms with van der Waals surface area (Å²) in [5, 5.41) is 2.21. The van der Waals surface area contributed by atoms with E-state index in [1.165, 1.54) is 7.11 Å². The number of hydrogen-bond donors (Lipinski definition) is 1.